The second-order valence-corrected chi connectivity index (χ2v) is 10.4. The molecule has 10 heteroatoms. The van der Waals surface area contributed by atoms with Crippen LogP contribution in [0.1, 0.15) is 25.3 Å². The van der Waals surface area contributed by atoms with E-state index in [1.807, 2.05) is 13.0 Å². The van der Waals surface area contributed by atoms with Crippen LogP contribution in [-0.4, -0.2) is 43.7 Å². The van der Waals surface area contributed by atoms with Crippen LogP contribution in [0.2, 0.25) is 5.02 Å². The number of sulfonamides is 1. The average Bonchev–Trinajstić information content (AvgIpc) is 2.76. The number of hydrogen-bond acceptors (Lipinski definition) is 5. The van der Waals surface area contributed by atoms with Crippen LogP contribution in [-0.2, 0) is 19.6 Å². The highest BCUT2D eigenvalue weighted by molar-refractivity contribution is 7.89. The summed E-state index contributed by atoms with van der Waals surface area (Å²) in [6, 6.07) is 9.62. The predicted molar refractivity (Wildman–Crippen MR) is 121 cm³/mol. The number of piperidine rings is 1. The van der Waals surface area contributed by atoms with Crippen molar-refractivity contribution in [1.82, 2.24) is 4.31 Å². The van der Waals surface area contributed by atoms with Gasteiger partial charge in [0.15, 0.2) is 6.10 Å². The molecule has 0 saturated carbocycles. The Labute approximate surface area is 191 Å². The van der Waals surface area contributed by atoms with Gasteiger partial charge in [-0.3, -0.25) is 9.59 Å². The first-order valence-corrected chi connectivity index (χ1v) is 12.2. The Morgan fingerprint density at radius 1 is 1.25 bits per heavy atom. The van der Waals surface area contributed by atoms with E-state index < -0.39 is 22.0 Å². The maximum absolute atomic E-state index is 13.3. The highest BCUT2D eigenvalue weighted by atomic mass is 35.5. The summed E-state index contributed by atoms with van der Waals surface area (Å²) in [5.74, 6) is -0.643. The lowest BCUT2D eigenvalue weighted by Gasteiger charge is -2.31. The first kappa shape index (κ1) is 22.6. The molecule has 2 atom stereocenters. The number of aryl methyl sites for hydroxylation is 1. The molecule has 1 saturated heterocycles. The lowest BCUT2D eigenvalue weighted by atomic mass is 9.98. The maximum atomic E-state index is 13.3. The minimum atomic E-state index is -3.86. The third kappa shape index (κ3) is 4.46. The summed E-state index contributed by atoms with van der Waals surface area (Å²) in [6.07, 6.45) is 0.506. The summed E-state index contributed by atoms with van der Waals surface area (Å²) in [7, 11) is -3.86. The van der Waals surface area contributed by atoms with E-state index in [2.05, 4.69) is 10.6 Å². The van der Waals surface area contributed by atoms with Gasteiger partial charge in [0.05, 0.1) is 16.5 Å². The van der Waals surface area contributed by atoms with Crippen molar-refractivity contribution in [2.45, 2.75) is 37.7 Å². The van der Waals surface area contributed by atoms with E-state index in [9.17, 15) is 18.0 Å². The summed E-state index contributed by atoms with van der Waals surface area (Å²) >= 11 is 6.03. The predicted octanol–water partition coefficient (Wildman–Crippen LogP) is 3.41. The Bertz CT molecular complexity index is 1180. The number of benzene rings is 2. The van der Waals surface area contributed by atoms with Gasteiger partial charge < -0.3 is 15.4 Å². The van der Waals surface area contributed by atoms with Gasteiger partial charge >= 0.3 is 0 Å². The maximum Gasteiger partial charge on any atom is 0.265 e. The van der Waals surface area contributed by atoms with Crippen LogP contribution in [0.15, 0.2) is 41.3 Å². The van der Waals surface area contributed by atoms with Gasteiger partial charge in [0, 0.05) is 23.8 Å². The molecule has 2 aliphatic heterocycles. The number of hydrogen-bond donors (Lipinski definition) is 2. The van der Waals surface area contributed by atoms with Crippen LogP contribution in [0.25, 0.3) is 0 Å². The van der Waals surface area contributed by atoms with E-state index in [0.717, 1.165) is 5.56 Å². The first-order valence-electron chi connectivity index (χ1n) is 10.3. The van der Waals surface area contributed by atoms with Gasteiger partial charge in [0.2, 0.25) is 15.9 Å². The van der Waals surface area contributed by atoms with Crippen LogP contribution >= 0.6 is 11.6 Å². The van der Waals surface area contributed by atoms with E-state index in [0.29, 0.717) is 41.5 Å². The molecule has 0 radical (unpaired) electrons. The van der Waals surface area contributed by atoms with Crippen LogP contribution in [0, 0.1) is 12.8 Å². The van der Waals surface area contributed by atoms with Gasteiger partial charge in [0.25, 0.3) is 5.91 Å². The molecule has 0 aromatic heterocycles. The fraction of sp³-hybridized carbons (Fsp3) is 0.364. The van der Waals surface area contributed by atoms with Crippen molar-refractivity contribution < 1.29 is 22.7 Å². The molecule has 2 aliphatic rings. The van der Waals surface area contributed by atoms with Gasteiger partial charge in [-0.05, 0) is 62.6 Å². The zero-order valence-electron chi connectivity index (χ0n) is 17.7. The number of ether oxygens (including phenoxy) is 1. The molecule has 0 aliphatic carbocycles. The number of rotatable bonds is 4. The van der Waals surface area contributed by atoms with Gasteiger partial charge in [-0.15, -0.1) is 0 Å². The van der Waals surface area contributed by atoms with E-state index in [4.69, 9.17) is 16.3 Å². The zero-order chi connectivity index (χ0) is 23.0. The standard InChI is InChI=1S/C22H24ClN3O5S/c1-13-5-6-16(23)10-18(13)24-22(28)15-4-3-9-26(12-15)32(29,30)17-7-8-20-19(11-17)25-21(27)14(2)31-20/h5-8,10-11,14-15H,3-4,9,12H2,1-2H3,(H,24,28)(H,25,27)/t14-,15-/m1/s1. The summed E-state index contributed by atoms with van der Waals surface area (Å²) in [5.41, 5.74) is 1.80. The molecule has 0 bridgehead atoms. The van der Waals surface area contributed by atoms with Crippen LogP contribution in [0.4, 0.5) is 11.4 Å². The molecule has 2 heterocycles. The number of amides is 2. The molecule has 2 aromatic carbocycles. The summed E-state index contributed by atoms with van der Waals surface area (Å²) in [5, 5.41) is 6.05. The molecule has 170 valence electrons. The van der Waals surface area contributed by atoms with E-state index >= 15 is 0 Å². The minimum absolute atomic E-state index is 0.0430. The Balaban J connectivity index is 1.51. The number of anilines is 2. The second kappa shape index (κ2) is 8.73. The lowest BCUT2D eigenvalue weighted by Crippen LogP contribution is -2.43. The number of carbonyl (C=O) groups excluding carboxylic acids is 2. The van der Waals surface area contributed by atoms with Crippen molar-refractivity contribution in [2.24, 2.45) is 5.92 Å². The molecular weight excluding hydrogens is 454 g/mol. The van der Waals surface area contributed by atoms with Gasteiger partial charge in [-0.1, -0.05) is 17.7 Å². The van der Waals surface area contributed by atoms with Gasteiger partial charge in [-0.25, -0.2) is 8.42 Å². The van der Waals surface area contributed by atoms with Crippen molar-refractivity contribution in [1.29, 1.82) is 0 Å². The Morgan fingerprint density at radius 3 is 2.81 bits per heavy atom. The van der Waals surface area contributed by atoms with Crippen molar-refractivity contribution >= 4 is 44.8 Å². The van der Waals surface area contributed by atoms with E-state index in [1.165, 1.54) is 22.5 Å². The highest BCUT2D eigenvalue weighted by Gasteiger charge is 2.34. The van der Waals surface area contributed by atoms with E-state index in [-0.39, 0.29) is 23.3 Å². The highest BCUT2D eigenvalue weighted by Crippen LogP contribution is 2.34. The SMILES string of the molecule is Cc1ccc(Cl)cc1NC(=O)[C@@H]1CCCN(S(=O)(=O)c2ccc3c(c2)NC(=O)[C@@H](C)O3)C1. The molecule has 2 amide bonds. The smallest absolute Gasteiger partial charge is 0.265 e. The summed E-state index contributed by atoms with van der Waals surface area (Å²) in [4.78, 5) is 24.8. The molecule has 8 nitrogen and oxygen atoms in total. The number of nitrogens with one attached hydrogen (secondary N) is 2. The zero-order valence-corrected chi connectivity index (χ0v) is 19.3. The third-order valence-corrected chi connectivity index (χ3v) is 7.83. The van der Waals surface area contributed by atoms with Gasteiger partial charge in [-0.2, -0.15) is 4.31 Å². The Hall–Kier alpha value is -2.62. The largest absolute Gasteiger partial charge is 0.479 e. The molecule has 0 spiro atoms. The monoisotopic (exact) mass is 477 g/mol. The first-order chi connectivity index (χ1) is 15.1. The average molecular weight is 478 g/mol. The number of nitrogens with zero attached hydrogens (tertiary/aromatic N) is 1. The fourth-order valence-electron chi connectivity index (χ4n) is 3.84. The minimum Gasteiger partial charge on any atom is -0.479 e. The molecule has 0 unspecified atom stereocenters. The van der Waals surface area contributed by atoms with Crippen molar-refractivity contribution in [3.8, 4) is 5.75 Å². The van der Waals surface area contributed by atoms with Crippen molar-refractivity contribution in [3.63, 3.8) is 0 Å². The summed E-state index contributed by atoms with van der Waals surface area (Å²) < 4.78 is 33.4. The van der Waals surface area contributed by atoms with Crippen molar-refractivity contribution in [2.75, 3.05) is 23.7 Å². The molecule has 2 N–H and O–H groups in total. The van der Waals surface area contributed by atoms with Crippen molar-refractivity contribution in [3.05, 3.63) is 47.0 Å². The molecule has 2 aromatic rings. The number of carbonyl (C=O) groups is 2. The summed E-state index contributed by atoms with van der Waals surface area (Å²) in [6.45, 7) is 3.87. The molecule has 4 rings (SSSR count). The third-order valence-electron chi connectivity index (χ3n) is 5.73. The van der Waals surface area contributed by atoms with E-state index in [1.54, 1.807) is 19.1 Å². The molecule has 32 heavy (non-hydrogen) atoms. The number of fused-ring (bicyclic) bond motifs is 1. The second-order valence-electron chi connectivity index (χ2n) is 8.06. The van der Waals surface area contributed by atoms with Gasteiger partial charge in [0.1, 0.15) is 5.75 Å². The normalized spacial score (nSPS) is 21.3. The van der Waals surface area contributed by atoms with Crippen LogP contribution < -0.4 is 15.4 Å². The quantitative estimate of drug-likeness (QED) is 0.702. The molecular formula is C22H24ClN3O5S. The Morgan fingerprint density at radius 2 is 2.03 bits per heavy atom. The number of halogens is 1. The Kier molecular flexibility index (Phi) is 6.15. The molecule has 1 fully saturated rings. The topological polar surface area (TPSA) is 105 Å². The lowest BCUT2D eigenvalue weighted by molar-refractivity contribution is -0.123. The fourth-order valence-corrected chi connectivity index (χ4v) is 5.56. The van der Waals surface area contributed by atoms with Crippen LogP contribution in [0.3, 0.4) is 0 Å². The van der Waals surface area contributed by atoms with Crippen LogP contribution in [0.5, 0.6) is 5.75 Å².